The molecule has 1 unspecified atom stereocenters. The quantitative estimate of drug-likeness (QED) is 0.539. The summed E-state index contributed by atoms with van der Waals surface area (Å²) in [6.07, 6.45) is 3.93. The molecule has 2 N–H and O–H groups in total. The van der Waals surface area contributed by atoms with E-state index >= 15 is 0 Å². The summed E-state index contributed by atoms with van der Waals surface area (Å²) in [7, 11) is 0. The molecule has 9 heteroatoms. The Balaban J connectivity index is 1.40. The first-order valence-corrected chi connectivity index (χ1v) is 10.5. The number of benzene rings is 2. The summed E-state index contributed by atoms with van der Waals surface area (Å²) in [5.74, 6) is -1.11. The van der Waals surface area contributed by atoms with Crippen LogP contribution < -0.4 is 10.7 Å². The molecule has 4 rings (SSSR count). The van der Waals surface area contributed by atoms with Crippen molar-refractivity contribution in [3.63, 3.8) is 0 Å². The largest absolute Gasteiger partial charge is 0.344 e. The third-order valence-electron chi connectivity index (χ3n) is 5.42. The molecular weight excluding hydrogens is 430 g/mol. The highest BCUT2D eigenvalue weighted by atomic mass is 35.5. The molecule has 2 heterocycles. The molecule has 0 radical (unpaired) electrons. The molecule has 4 amide bonds. The normalized spacial score (nSPS) is 18.0. The van der Waals surface area contributed by atoms with Crippen LogP contribution in [0.15, 0.2) is 67.0 Å². The van der Waals surface area contributed by atoms with Gasteiger partial charge in [0, 0.05) is 11.2 Å². The maximum Gasteiger partial charge on any atom is 0.344 e. The second kappa shape index (κ2) is 8.84. The zero-order chi connectivity index (χ0) is 22.7. The smallest absolute Gasteiger partial charge is 0.322 e. The minimum absolute atomic E-state index is 0.218. The van der Waals surface area contributed by atoms with Gasteiger partial charge in [0.05, 0.1) is 18.3 Å². The number of aryl methyl sites for hydroxylation is 1. The lowest BCUT2D eigenvalue weighted by molar-refractivity contribution is -0.132. The fraction of sp³-hybridized carbons (Fsp3) is 0.217. The fourth-order valence-electron chi connectivity index (χ4n) is 3.53. The van der Waals surface area contributed by atoms with Gasteiger partial charge < -0.3 is 5.32 Å². The molecule has 1 saturated heterocycles. The number of nitrogens with zero attached hydrogens (tertiary/aromatic N) is 3. The van der Waals surface area contributed by atoms with E-state index in [4.69, 9.17) is 11.6 Å². The zero-order valence-corrected chi connectivity index (χ0v) is 18.2. The van der Waals surface area contributed by atoms with Crippen molar-refractivity contribution >= 4 is 29.4 Å². The molecule has 1 aliphatic heterocycles. The lowest BCUT2D eigenvalue weighted by atomic mass is 9.93. The van der Waals surface area contributed by atoms with E-state index in [-0.39, 0.29) is 5.56 Å². The van der Waals surface area contributed by atoms with Gasteiger partial charge >= 0.3 is 6.03 Å². The van der Waals surface area contributed by atoms with E-state index in [0.29, 0.717) is 24.4 Å². The van der Waals surface area contributed by atoms with E-state index in [1.807, 2.05) is 48.5 Å². The lowest BCUT2D eigenvalue weighted by Crippen LogP contribution is -2.48. The number of amides is 4. The van der Waals surface area contributed by atoms with E-state index in [0.717, 1.165) is 16.1 Å². The average molecular weight is 452 g/mol. The minimum atomic E-state index is -1.10. The van der Waals surface area contributed by atoms with Gasteiger partial charge in [0.2, 0.25) is 0 Å². The van der Waals surface area contributed by atoms with Crippen LogP contribution in [-0.2, 0) is 17.8 Å². The van der Waals surface area contributed by atoms with E-state index in [2.05, 4.69) is 15.8 Å². The number of urea groups is 1. The van der Waals surface area contributed by atoms with Crippen LogP contribution in [0.1, 0.15) is 34.8 Å². The summed E-state index contributed by atoms with van der Waals surface area (Å²) in [6, 6.07) is 16.4. The molecule has 0 aliphatic carbocycles. The predicted molar refractivity (Wildman–Crippen MR) is 119 cm³/mol. The molecule has 1 fully saturated rings. The third kappa shape index (κ3) is 4.50. The molecule has 2 aromatic carbocycles. The van der Waals surface area contributed by atoms with Crippen molar-refractivity contribution in [1.82, 2.24) is 25.5 Å². The number of hydrogen-bond donors (Lipinski definition) is 2. The summed E-state index contributed by atoms with van der Waals surface area (Å²) in [6.45, 7) is 2.04. The van der Waals surface area contributed by atoms with Crippen molar-refractivity contribution in [3.05, 3.63) is 88.7 Å². The van der Waals surface area contributed by atoms with Crippen molar-refractivity contribution in [2.24, 2.45) is 0 Å². The SMILES string of the molecule is CC1(CCc2ccccc2)NC(=O)N(NC(=O)c2cnn(Cc3ccccc3Cl)c2)C1=O. The van der Waals surface area contributed by atoms with Crippen LogP contribution in [0.25, 0.3) is 0 Å². The van der Waals surface area contributed by atoms with Crippen LogP contribution in [0.5, 0.6) is 0 Å². The van der Waals surface area contributed by atoms with Gasteiger partial charge in [0.1, 0.15) is 5.54 Å². The van der Waals surface area contributed by atoms with Gasteiger partial charge in [0.15, 0.2) is 0 Å². The summed E-state index contributed by atoms with van der Waals surface area (Å²) in [5.41, 5.74) is 3.42. The van der Waals surface area contributed by atoms with Crippen LogP contribution in [0.2, 0.25) is 5.02 Å². The highest BCUT2D eigenvalue weighted by molar-refractivity contribution is 6.31. The summed E-state index contributed by atoms with van der Waals surface area (Å²) < 4.78 is 1.56. The molecule has 1 aromatic heterocycles. The molecule has 0 spiro atoms. The van der Waals surface area contributed by atoms with Gasteiger partial charge in [-0.2, -0.15) is 10.1 Å². The second-order valence-corrected chi connectivity index (χ2v) is 8.25. The number of carbonyl (C=O) groups excluding carboxylic acids is 3. The van der Waals surface area contributed by atoms with Gasteiger partial charge in [-0.3, -0.25) is 19.7 Å². The minimum Gasteiger partial charge on any atom is -0.322 e. The average Bonchev–Trinajstić information content (AvgIpc) is 3.33. The Bertz CT molecular complexity index is 1160. The Morgan fingerprint density at radius 1 is 1.12 bits per heavy atom. The molecule has 164 valence electrons. The van der Waals surface area contributed by atoms with Crippen LogP contribution in [-0.4, -0.2) is 38.2 Å². The van der Waals surface area contributed by atoms with Crippen LogP contribution in [0, 0.1) is 0 Å². The number of aromatic nitrogens is 2. The first-order valence-electron chi connectivity index (χ1n) is 10.1. The Morgan fingerprint density at radius 3 is 2.59 bits per heavy atom. The number of hydrazine groups is 1. The van der Waals surface area contributed by atoms with Gasteiger partial charge in [-0.25, -0.2) is 4.79 Å². The van der Waals surface area contributed by atoms with Crippen molar-refractivity contribution in [2.75, 3.05) is 0 Å². The van der Waals surface area contributed by atoms with E-state index < -0.39 is 23.4 Å². The van der Waals surface area contributed by atoms with Crippen molar-refractivity contribution in [3.8, 4) is 0 Å². The zero-order valence-electron chi connectivity index (χ0n) is 17.4. The molecule has 1 aliphatic rings. The predicted octanol–water partition coefficient (Wildman–Crippen LogP) is 3.17. The maximum absolute atomic E-state index is 12.9. The van der Waals surface area contributed by atoms with E-state index in [9.17, 15) is 14.4 Å². The topological polar surface area (TPSA) is 96.3 Å². The summed E-state index contributed by atoms with van der Waals surface area (Å²) >= 11 is 6.17. The van der Waals surface area contributed by atoms with E-state index in [1.54, 1.807) is 17.7 Å². The van der Waals surface area contributed by atoms with Gasteiger partial charge in [0.25, 0.3) is 11.8 Å². The summed E-state index contributed by atoms with van der Waals surface area (Å²) in [4.78, 5) is 38.0. The van der Waals surface area contributed by atoms with Crippen molar-refractivity contribution < 1.29 is 14.4 Å². The molecule has 0 saturated carbocycles. The molecule has 0 bridgehead atoms. The van der Waals surface area contributed by atoms with Gasteiger partial charge in [-0.05, 0) is 37.0 Å². The van der Waals surface area contributed by atoms with Crippen molar-refractivity contribution in [1.29, 1.82) is 0 Å². The van der Waals surface area contributed by atoms with E-state index in [1.165, 1.54) is 12.4 Å². The molecule has 32 heavy (non-hydrogen) atoms. The molecule has 1 atom stereocenters. The second-order valence-electron chi connectivity index (χ2n) is 7.85. The Labute approximate surface area is 190 Å². The maximum atomic E-state index is 12.9. The Morgan fingerprint density at radius 2 is 1.84 bits per heavy atom. The molecule has 3 aromatic rings. The van der Waals surface area contributed by atoms with Crippen LogP contribution in [0.3, 0.4) is 0 Å². The number of halogens is 1. The first-order chi connectivity index (χ1) is 15.4. The van der Waals surface area contributed by atoms with Gasteiger partial charge in [-0.1, -0.05) is 60.1 Å². The van der Waals surface area contributed by atoms with Crippen molar-refractivity contribution in [2.45, 2.75) is 31.8 Å². The monoisotopic (exact) mass is 451 g/mol. The van der Waals surface area contributed by atoms with Crippen LogP contribution in [0.4, 0.5) is 4.79 Å². The number of nitrogens with one attached hydrogen (secondary N) is 2. The number of rotatable bonds is 7. The number of imide groups is 1. The number of hydrogen-bond acceptors (Lipinski definition) is 4. The Hall–Kier alpha value is -3.65. The molecule has 8 nitrogen and oxygen atoms in total. The van der Waals surface area contributed by atoms with Gasteiger partial charge in [-0.15, -0.1) is 0 Å². The fourth-order valence-corrected chi connectivity index (χ4v) is 3.72. The molecular formula is C23H22ClN5O3. The number of carbonyl (C=O) groups is 3. The highest BCUT2D eigenvalue weighted by Crippen LogP contribution is 2.22. The summed E-state index contributed by atoms with van der Waals surface area (Å²) in [5, 5.41) is 8.19. The standard InChI is InChI=1S/C23H22ClN5O3/c1-23(12-11-16-7-3-2-4-8-16)21(31)29(22(32)26-23)27-20(30)18-13-25-28(15-18)14-17-9-5-6-10-19(17)24/h2-10,13,15H,11-12,14H2,1H3,(H,26,32)(H,27,30). The van der Waals surface area contributed by atoms with Crippen LogP contribution >= 0.6 is 11.6 Å². The lowest BCUT2D eigenvalue weighted by Gasteiger charge is -2.21. The highest BCUT2D eigenvalue weighted by Gasteiger charge is 2.48. The Kier molecular flexibility index (Phi) is 5.96. The first kappa shape index (κ1) is 21.6. The third-order valence-corrected chi connectivity index (χ3v) is 5.79.